The molecule has 0 aliphatic carbocycles. The lowest BCUT2D eigenvalue weighted by atomic mass is 10.2. The Morgan fingerprint density at radius 2 is 1.74 bits per heavy atom. The van der Waals surface area contributed by atoms with E-state index in [4.69, 9.17) is 20.9 Å². The van der Waals surface area contributed by atoms with E-state index >= 15 is 0 Å². The molecule has 0 aliphatic heterocycles. The molecule has 0 spiro atoms. The third-order valence-electron chi connectivity index (χ3n) is 4.24. The van der Waals surface area contributed by atoms with Gasteiger partial charge in [-0.2, -0.15) is 0 Å². The van der Waals surface area contributed by atoms with Crippen LogP contribution in [0.1, 0.15) is 26.7 Å². The maximum atomic E-state index is 13.8. The molecule has 2 aromatic rings. The first-order valence-corrected chi connectivity index (χ1v) is 9.23. The third-order valence-corrected chi connectivity index (χ3v) is 4.24. The molecule has 2 aromatic carbocycles. The van der Waals surface area contributed by atoms with Crippen molar-refractivity contribution in [1.82, 2.24) is 0 Å². The summed E-state index contributed by atoms with van der Waals surface area (Å²) < 4.78 is 24.8. The van der Waals surface area contributed by atoms with E-state index in [1.807, 2.05) is 18.2 Å². The Bertz CT molecular complexity index is 749. The number of nitrogens with two attached hydrogens (primary N) is 3. The van der Waals surface area contributed by atoms with Crippen LogP contribution in [0.15, 0.2) is 30.3 Å². The second kappa shape index (κ2) is 9.87. The summed E-state index contributed by atoms with van der Waals surface area (Å²) >= 11 is 0. The summed E-state index contributed by atoms with van der Waals surface area (Å²) in [5.41, 5.74) is 14.0. The number of rotatable bonds is 10. The Hall–Kier alpha value is -2.67. The average Bonchev–Trinajstić information content (AvgIpc) is 2.65. The fourth-order valence-electron chi connectivity index (χ4n) is 2.88. The number of methoxy groups -OCH3 is 1. The molecule has 148 valence electrons. The number of halogens is 1. The van der Waals surface area contributed by atoms with Crippen LogP contribution in [0.4, 0.5) is 27.1 Å². The van der Waals surface area contributed by atoms with Crippen molar-refractivity contribution in [2.45, 2.75) is 26.7 Å². The van der Waals surface area contributed by atoms with Crippen molar-refractivity contribution < 1.29 is 19.2 Å². The van der Waals surface area contributed by atoms with Gasteiger partial charge in [0.25, 0.3) is 0 Å². The smallest absolute Gasteiger partial charge is 0.225 e. The van der Waals surface area contributed by atoms with Gasteiger partial charge in [-0.15, -0.1) is 0 Å². The average molecular weight is 377 g/mol. The molecule has 0 fully saturated rings. The Morgan fingerprint density at radius 1 is 1.04 bits per heavy atom. The number of hydrogen-bond donors (Lipinski definition) is 3. The molecule has 0 heterocycles. The highest BCUT2D eigenvalue weighted by Gasteiger charge is 2.12. The Kier molecular flexibility index (Phi) is 7.55. The van der Waals surface area contributed by atoms with Gasteiger partial charge in [-0.05, 0) is 25.0 Å². The predicted molar refractivity (Wildman–Crippen MR) is 108 cm³/mol. The number of ether oxygens (including phenoxy) is 2. The number of quaternary nitrogens is 1. The van der Waals surface area contributed by atoms with Crippen molar-refractivity contribution >= 4 is 22.7 Å². The molecule has 7 heteroatoms. The number of anilines is 3. The second-order valence-corrected chi connectivity index (χ2v) is 6.34. The zero-order chi connectivity index (χ0) is 19.8. The van der Waals surface area contributed by atoms with Gasteiger partial charge < -0.3 is 25.8 Å². The summed E-state index contributed by atoms with van der Waals surface area (Å²) in [6.45, 7) is 6.53. The molecule has 0 saturated carbocycles. The normalized spacial score (nSPS) is 10.7. The van der Waals surface area contributed by atoms with Gasteiger partial charge >= 0.3 is 0 Å². The Labute approximate surface area is 160 Å². The fraction of sp³-hybridized carbons (Fsp3) is 0.400. The lowest BCUT2D eigenvalue weighted by molar-refractivity contribution is -0.601. The van der Waals surface area contributed by atoms with E-state index in [0.717, 1.165) is 31.6 Å². The van der Waals surface area contributed by atoms with E-state index in [9.17, 15) is 4.39 Å². The van der Waals surface area contributed by atoms with Crippen molar-refractivity contribution in [3.8, 4) is 11.5 Å². The first-order valence-electron chi connectivity index (χ1n) is 9.23. The molecule has 0 atom stereocenters. The summed E-state index contributed by atoms with van der Waals surface area (Å²) in [4.78, 5) is 2.32. The SMILES string of the molecule is CCCN(CCC)c1ccc(N)c(OC[NH2+]c2cc(F)c(N)c(OC)c2)c1. The first kappa shape index (κ1) is 20.6. The maximum Gasteiger partial charge on any atom is 0.225 e. The van der Waals surface area contributed by atoms with Gasteiger partial charge in [0.2, 0.25) is 6.73 Å². The largest absolute Gasteiger partial charge is 0.494 e. The number of benzene rings is 2. The van der Waals surface area contributed by atoms with Gasteiger partial charge in [0, 0.05) is 37.0 Å². The van der Waals surface area contributed by atoms with Crippen LogP contribution >= 0.6 is 0 Å². The molecule has 0 radical (unpaired) electrons. The van der Waals surface area contributed by atoms with Gasteiger partial charge in [-0.3, -0.25) is 5.32 Å². The number of nitrogens with zero attached hydrogens (tertiary/aromatic N) is 1. The van der Waals surface area contributed by atoms with Crippen molar-refractivity contribution in [1.29, 1.82) is 0 Å². The van der Waals surface area contributed by atoms with Crippen LogP contribution < -0.4 is 31.2 Å². The van der Waals surface area contributed by atoms with E-state index in [2.05, 4.69) is 18.7 Å². The summed E-state index contributed by atoms with van der Waals surface area (Å²) in [7, 11) is 1.45. The lowest BCUT2D eigenvalue weighted by Crippen LogP contribution is -2.79. The number of nitrogen functional groups attached to an aromatic ring is 2. The van der Waals surface area contributed by atoms with E-state index < -0.39 is 5.82 Å². The molecule has 0 unspecified atom stereocenters. The molecule has 6 N–H and O–H groups in total. The van der Waals surface area contributed by atoms with Crippen molar-refractivity contribution in [2.24, 2.45) is 0 Å². The minimum Gasteiger partial charge on any atom is -0.494 e. The standard InChI is InChI=1S/C20H29FN4O2/c1-4-8-25(9-5-2)15-6-7-17(22)18(12-15)27-13-24-14-10-16(21)20(23)19(11-14)26-3/h6-7,10-12,24H,4-5,8-9,13,22-23H2,1-3H3/p+1. The van der Waals surface area contributed by atoms with Crippen LogP contribution in [0.5, 0.6) is 11.5 Å². The fourth-order valence-corrected chi connectivity index (χ4v) is 2.88. The monoisotopic (exact) mass is 377 g/mol. The molecule has 0 aromatic heterocycles. The van der Waals surface area contributed by atoms with Gasteiger partial charge in [-0.25, -0.2) is 4.39 Å². The molecular formula is C20H30FN4O2+. The number of hydrogen-bond acceptors (Lipinski definition) is 5. The van der Waals surface area contributed by atoms with Crippen LogP contribution in [-0.2, 0) is 0 Å². The molecule has 0 saturated heterocycles. The summed E-state index contributed by atoms with van der Waals surface area (Å²) in [6.07, 6.45) is 2.14. The summed E-state index contributed by atoms with van der Waals surface area (Å²) in [5.74, 6) is 0.401. The quantitative estimate of drug-likeness (QED) is 0.437. The molecule has 0 aliphatic rings. The maximum absolute atomic E-state index is 13.8. The minimum absolute atomic E-state index is 0.000506. The highest BCUT2D eigenvalue weighted by Crippen LogP contribution is 2.28. The molecular weight excluding hydrogens is 347 g/mol. The van der Waals surface area contributed by atoms with Crippen molar-refractivity contribution in [3.05, 3.63) is 36.1 Å². The van der Waals surface area contributed by atoms with Gasteiger partial charge in [0.05, 0.1) is 12.8 Å². The molecule has 27 heavy (non-hydrogen) atoms. The third kappa shape index (κ3) is 5.40. The Morgan fingerprint density at radius 3 is 2.37 bits per heavy atom. The topological polar surface area (TPSA) is 90.3 Å². The summed E-state index contributed by atoms with van der Waals surface area (Å²) in [6, 6.07) is 8.85. The van der Waals surface area contributed by atoms with Crippen molar-refractivity contribution in [3.63, 3.8) is 0 Å². The van der Waals surface area contributed by atoms with Gasteiger partial charge in [-0.1, -0.05) is 13.8 Å². The van der Waals surface area contributed by atoms with E-state index in [1.54, 1.807) is 11.4 Å². The van der Waals surface area contributed by atoms with Crippen LogP contribution in [0.2, 0.25) is 0 Å². The highest BCUT2D eigenvalue weighted by molar-refractivity contribution is 5.62. The van der Waals surface area contributed by atoms with E-state index in [1.165, 1.54) is 13.2 Å². The zero-order valence-electron chi connectivity index (χ0n) is 16.3. The lowest BCUT2D eigenvalue weighted by Gasteiger charge is -2.24. The van der Waals surface area contributed by atoms with Gasteiger partial charge in [0.1, 0.15) is 11.4 Å². The van der Waals surface area contributed by atoms with E-state index in [-0.39, 0.29) is 12.4 Å². The zero-order valence-corrected chi connectivity index (χ0v) is 16.3. The molecule has 2 rings (SSSR count). The van der Waals surface area contributed by atoms with E-state index in [0.29, 0.717) is 22.9 Å². The first-order chi connectivity index (χ1) is 13.0. The highest BCUT2D eigenvalue weighted by atomic mass is 19.1. The van der Waals surface area contributed by atoms with Crippen molar-refractivity contribution in [2.75, 3.05) is 43.3 Å². The minimum atomic E-state index is -0.517. The second-order valence-electron chi connectivity index (χ2n) is 6.34. The van der Waals surface area contributed by atoms with Crippen LogP contribution in [0, 0.1) is 5.82 Å². The molecule has 0 amide bonds. The Balaban J connectivity index is 2.07. The molecule has 6 nitrogen and oxygen atoms in total. The summed E-state index contributed by atoms with van der Waals surface area (Å²) in [5, 5.41) is 1.76. The molecule has 0 bridgehead atoms. The van der Waals surface area contributed by atoms with Crippen LogP contribution in [0.25, 0.3) is 0 Å². The van der Waals surface area contributed by atoms with Gasteiger partial charge in [0.15, 0.2) is 17.3 Å². The van der Waals surface area contributed by atoms with Crippen LogP contribution in [-0.4, -0.2) is 26.9 Å². The van der Waals surface area contributed by atoms with Crippen LogP contribution in [0.3, 0.4) is 0 Å². The predicted octanol–water partition coefficient (Wildman–Crippen LogP) is 2.86.